The van der Waals surface area contributed by atoms with Crippen molar-refractivity contribution in [3.8, 4) is 16.8 Å². The SMILES string of the molecule is c1ccc(-n2c3ccccc3c3cc4c(cc32)[nH]c2ccc(-c3ccc5oc6ccccc6c5c3)cc24)cc1. The van der Waals surface area contributed by atoms with E-state index in [4.69, 9.17) is 4.42 Å². The van der Waals surface area contributed by atoms with Crippen LogP contribution in [0.25, 0.3) is 82.4 Å². The fraction of sp³-hybridized carbons (Fsp3) is 0. The second-order valence-electron chi connectivity index (χ2n) is 10.3. The van der Waals surface area contributed by atoms with E-state index in [-0.39, 0.29) is 0 Å². The zero-order valence-electron chi connectivity index (χ0n) is 21.0. The maximum absolute atomic E-state index is 6.06. The summed E-state index contributed by atoms with van der Waals surface area (Å²) in [5, 5.41) is 7.31. The van der Waals surface area contributed by atoms with Crippen molar-refractivity contribution in [2.24, 2.45) is 0 Å². The van der Waals surface area contributed by atoms with Crippen LogP contribution in [-0.4, -0.2) is 9.55 Å². The standard InChI is InChI=1S/C36H22N2O/c1-2-8-24(9-3-1)38-33-12-6-4-10-25(33)29-20-28-27-18-22(14-16-31(27)37-32(28)21-34(29)38)23-15-17-36-30(19-23)26-11-5-7-13-35(26)39-36/h1-21,37H. The van der Waals surface area contributed by atoms with Crippen LogP contribution in [-0.2, 0) is 0 Å². The molecule has 39 heavy (non-hydrogen) atoms. The first kappa shape index (κ1) is 20.7. The highest BCUT2D eigenvalue weighted by atomic mass is 16.3. The number of rotatable bonds is 2. The molecule has 0 aliphatic rings. The van der Waals surface area contributed by atoms with Crippen LogP contribution in [0.2, 0.25) is 0 Å². The van der Waals surface area contributed by atoms with Gasteiger partial charge in [-0.05, 0) is 71.8 Å². The summed E-state index contributed by atoms with van der Waals surface area (Å²) in [6.45, 7) is 0. The van der Waals surface area contributed by atoms with Gasteiger partial charge in [0, 0.05) is 49.0 Å². The zero-order valence-corrected chi connectivity index (χ0v) is 21.0. The van der Waals surface area contributed by atoms with E-state index < -0.39 is 0 Å². The van der Waals surface area contributed by atoms with Crippen molar-refractivity contribution in [3.63, 3.8) is 0 Å². The predicted molar refractivity (Wildman–Crippen MR) is 163 cm³/mol. The molecule has 9 rings (SSSR count). The van der Waals surface area contributed by atoms with Crippen LogP contribution in [0.4, 0.5) is 0 Å². The molecule has 0 radical (unpaired) electrons. The van der Waals surface area contributed by atoms with E-state index in [1.54, 1.807) is 0 Å². The van der Waals surface area contributed by atoms with E-state index >= 15 is 0 Å². The van der Waals surface area contributed by atoms with Crippen LogP contribution >= 0.6 is 0 Å². The third-order valence-electron chi connectivity index (χ3n) is 8.12. The smallest absolute Gasteiger partial charge is 0.135 e. The van der Waals surface area contributed by atoms with Crippen molar-refractivity contribution in [3.05, 3.63) is 127 Å². The van der Waals surface area contributed by atoms with E-state index in [1.807, 2.05) is 12.1 Å². The summed E-state index contributed by atoms with van der Waals surface area (Å²) >= 11 is 0. The first-order chi connectivity index (χ1) is 19.3. The molecular weight excluding hydrogens is 476 g/mol. The predicted octanol–water partition coefficient (Wildman–Crippen LogP) is 9.98. The van der Waals surface area contributed by atoms with Gasteiger partial charge in [0.25, 0.3) is 0 Å². The van der Waals surface area contributed by atoms with Crippen molar-refractivity contribution in [2.45, 2.75) is 0 Å². The molecule has 182 valence electrons. The molecule has 3 aromatic heterocycles. The Hall–Kier alpha value is -5.28. The number of H-pyrrole nitrogens is 1. The highest BCUT2D eigenvalue weighted by Gasteiger charge is 2.16. The third-order valence-corrected chi connectivity index (χ3v) is 8.12. The Labute approximate surface area is 223 Å². The number of nitrogens with one attached hydrogen (secondary N) is 1. The molecule has 9 aromatic rings. The van der Waals surface area contributed by atoms with E-state index in [0.29, 0.717) is 0 Å². The monoisotopic (exact) mass is 498 g/mol. The second kappa shape index (κ2) is 7.62. The van der Waals surface area contributed by atoms with Crippen molar-refractivity contribution in [1.82, 2.24) is 9.55 Å². The maximum atomic E-state index is 6.06. The summed E-state index contributed by atoms with van der Waals surface area (Å²) in [4.78, 5) is 3.69. The zero-order chi connectivity index (χ0) is 25.5. The summed E-state index contributed by atoms with van der Waals surface area (Å²) in [6, 6.07) is 45.5. The Kier molecular flexibility index (Phi) is 4.05. The molecule has 0 fully saturated rings. The van der Waals surface area contributed by atoms with Crippen LogP contribution in [0.5, 0.6) is 0 Å². The fourth-order valence-corrected chi connectivity index (χ4v) is 6.30. The molecule has 0 aliphatic carbocycles. The number of benzene rings is 6. The summed E-state index contributed by atoms with van der Waals surface area (Å²) in [5.41, 5.74) is 10.1. The van der Waals surface area contributed by atoms with Crippen LogP contribution in [0.3, 0.4) is 0 Å². The fourth-order valence-electron chi connectivity index (χ4n) is 6.30. The first-order valence-corrected chi connectivity index (χ1v) is 13.3. The number of aromatic amines is 1. The molecule has 3 heteroatoms. The first-order valence-electron chi connectivity index (χ1n) is 13.3. The van der Waals surface area contributed by atoms with Crippen molar-refractivity contribution < 1.29 is 4.42 Å². The van der Waals surface area contributed by atoms with Crippen molar-refractivity contribution in [2.75, 3.05) is 0 Å². The lowest BCUT2D eigenvalue weighted by atomic mass is 10.00. The van der Waals surface area contributed by atoms with E-state index in [9.17, 15) is 0 Å². The van der Waals surface area contributed by atoms with Gasteiger partial charge in [-0.1, -0.05) is 66.7 Å². The number of nitrogens with zero attached hydrogens (tertiary/aromatic N) is 1. The Morgan fingerprint density at radius 3 is 2.03 bits per heavy atom. The molecule has 0 spiro atoms. The average Bonchev–Trinajstić information content (AvgIpc) is 3.64. The summed E-state index contributed by atoms with van der Waals surface area (Å²) < 4.78 is 8.43. The Morgan fingerprint density at radius 1 is 0.436 bits per heavy atom. The topological polar surface area (TPSA) is 33.9 Å². The molecule has 0 atom stereocenters. The molecule has 0 amide bonds. The second-order valence-corrected chi connectivity index (χ2v) is 10.3. The van der Waals surface area contributed by atoms with Gasteiger partial charge in [-0.15, -0.1) is 0 Å². The molecule has 1 N–H and O–H groups in total. The molecule has 3 nitrogen and oxygen atoms in total. The number of fused-ring (bicyclic) bond motifs is 9. The van der Waals surface area contributed by atoms with E-state index in [2.05, 4.69) is 125 Å². The highest BCUT2D eigenvalue weighted by Crippen LogP contribution is 2.39. The average molecular weight is 499 g/mol. The molecular formula is C36H22N2O. The van der Waals surface area contributed by atoms with Gasteiger partial charge in [0.2, 0.25) is 0 Å². The summed E-state index contributed by atoms with van der Waals surface area (Å²) in [7, 11) is 0. The maximum Gasteiger partial charge on any atom is 0.135 e. The summed E-state index contributed by atoms with van der Waals surface area (Å²) in [5.74, 6) is 0. The molecule has 0 aliphatic heterocycles. The number of hydrogen-bond acceptors (Lipinski definition) is 1. The van der Waals surface area contributed by atoms with Gasteiger partial charge in [0.15, 0.2) is 0 Å². The minimum Gasteiger partial charge on any atom is -0.456 e. The summed E-state index contributed by atoms with van der Waals surface area (Å²) in [6.07, 6.45) is 0. The Bertz CT molecular complexity index is 2390. The highest BCUT2D eigenvalue weighted by molar-refractivity contribution is 6.18. The van der Waals surface area contributed by atoms with Gasteiger partial charge in [-0.2, -0.15) is 0 Å². The number of para-hydroxylation sites is 3. The quantitative estimate of drug-likeness (QED) is 0.253. The van der Waals surface area contributed by atoms with Crippen LogP contribution in [0, 0.1) is 0 Å². The van der Waals surface area contributed by atoms with Crippen molar-refractivity contribution in [1.29, 1.82) is 0 Å². The minimum atomic E-state index is 0.922. The molecule has 0 saturated carbocycles. The van der Waals surface area contributed by atoms with Gasteiger partial charge in [0.1, 0.15) is 11.2 Å². The Balaban J connectivity index is 1.29. The van der Waals surface area contributed by atoms with E-state index in [1.165, 1.54) is 49.4 Å². The van der Waals surface area contributed by atoms with Gasteiger partial charge < -0.3 is 14.0 Å². The Morgan fingerprint density at radius 2 is 1.13 bits per heavy atom. The van der Waals surface area contributed by atoms with Crippen LogP contribution < -0.4 is 0 Å². The van der Waals surface area contributed by atoms with Gasteiger partial charge >= 0.3 is 0 Å². The normalized spacial score (nSPS) is 12.1. The third kappa shape index (κ3) is 2.93. The number of hydrogen-bond donors (Lipinski definition) is 1. The lowest BCUT2D eigenvalue weighted by Gasteiger charge is -2.07. The molecule has 6 aromatic carbocycles. The number of aromatic nitrogens is 2. The lowest BCUT2D eigenvalue weighted by molar-refractivity contribution is 0.669. The van der Waals surface area contributed by atoms with Crippen LogP contribution in [0.15, 0.2) is 132 Å². The van der Waals surface area contributed by atoms with E-state index in [0.717, 1.165) is 33.0 Å². The molecule has 0 unspecified atom stereocenters. The molecule has 0 saturated heterocycles. The van der Waals surface area contributed by atoms with Gasteiger partial charge in [-0.3, -0.25) is 0 Å². The van der Waals surface area contributed by atoms with Gasteiger partial charge in [0.05, 0.1) is 11.0 Å². The molecule has 3 heterocycles. The largest absolute Gasteiger partial charge is 0.456 e. The van der Waals surface area contributed by atoms with Gasteiger partial charge in [-0.25, -0.2) is 0 Å². The van der Waals surface area contributed by atoms with Crippen molar-refractivity contribution >= 4 is 65.6 Å². The number of furan rings is 1. The molecule has 0 bridgehead atoms. The van der Waals surface area contributed by atoms with Crippen LogP contribution in [0.1, 0.15) is 0 Å². The lowest BCUT2D eigenvalue weighted by Crippen LogP contribution is -1.92. The minimum absolute atomic E-state index is 0.922.